The van der Waals surface area contributed by atoms with Gasteiger partial charge in [0, 0.05) is 6.42 Å². The van der Waals surface area contributed by atoms with E-state index in [1.54, 1.807) is 0 Å². The van der Waals surface area contributed by atoms with Gasteiger partial charge in [0.15, 0.2) is 17.7 Å². The van der Waals surface area contributed by atoms with Crippen LogP contribution in [-0.2, 0) is 4.74 Å². The summed E-state index contributed by atoms with van der Waals surface area (Å²) in [4.78, 5) is 12.0. The number of imidazole rings is 1. The summed E-state index contributed by atoms with van der Waals surface area (Å²) in [6.45, 7) is 0. The van der Waals surface area contributed by atoms with Gasteiger partial charge in [-0.25, -0.2) is 15.0 Å². The Morgan fingerprint density at radius 1 is 1.30 bits per heavy atom. The van der Waals surface area contributed by atoms with Gasteiger partial charge in [-0.3, -0.25) is 4.57 Å². The minimum absolute atomic E-state index is 0.225. The lowest BCUT2D eigenvalue weighted by atomic mass is 10.1. The van der Waals surface area contributed by atoms with E-state index in [4.69, 9.17) is 10.5 Å². The molecule has 1 aliphatic carbocycles. The number of hydrogen-bond acceptors (Lipinski definition) is 8. The van der Waals surface area contributed by atoms with Crippen LogP contribution in [0.1, 0.15) is 12.6 Å². The van der Waals surface area contributed by atoms with Gasteiger partial charge in [0.1, 0.15) is 29.7 Å². The van der Waals surface area contributed by atoms with Crippen LogP contribution >= 0.6 is 0 Å². The van der Waals surface area contributed by atoms with Crippen LogP contribution in [0.15, 0.2) is 12.7 Å². The first-order valence-corrected chi connectivity index (χ1v) is 6.19. The van der Waals surface area contributed by atoms with Crippen molar-refractivity contribution in [3.63, 3.8) is 0 Å². The van der Waals surface area contributed by atoms with E-state index in [1.807, 2.05) is 0 Å². The van der Waals surface area contributed by atoms with E-state index in [9.17, 15) is 15.3 Å². The molecular formula is C11H13N5O4. The summed E-state index contributed by atoms with van der Waals surface area (Å²) in [7, 11) is 0. The zero-order chi connectivity index (χ0) is 14.1. The summed E-state index contributed by atoms with van der Waals surface area (Å²) in [5.74, 6) is 0.225. The summed E-state index contributed by atoms with van der Waals surface area (Å²) >= 11 is 0. The Labute approximate surface area is 112 Å². The van der Waals surface area contributed by atoms with Crippen molar-refractivity contribution in [2.45, 2.75) is 36.6 Å². The Kier molecular flexibility index (Phi) is 2.18. The number of hydrogen-bond donors (Lipinski definition) is 4. The number of aliphatic hydroxyl groups is 3. The third kappa shape index (κ3) is 1.32. The molecule has 0 amide bonds. The molecule has 5 atom stereocenters. The van der Waals surface area contributed by atoms with Gasteiger partial charge in [-0.1, -0.05) is 0 Å². The van der Waals surface area contributed by atoms with E-state index in [1.165, 1.54) is 17.2 Å². The number of nitrogen functional groups attached to an aromatic ring is 1. The molecule has 0 radical (unpaired) electrons. The van der Waals surface area contributed by atoms with Gasteiger partial charge in [0.25, 0.3) is 0 Å². The Balaban J connectivity index is 1.79. The molecule has 0 bridgehead atoms. The van der Waals surface area contributed by atoms with Crippen molar-refractivity contribution < 1.29 is 20.1 Å². The van der Waals surface area contributed by atoms with Crippen LogP contribution in [0.4, 0.5) is 5.82 Å². The van der Waals surface area contributed by atoms with Gasteiger partial charge in [-0.2, -0.15) is 0 Å². The van der Waals surface area contributed by atoms with E-state index in [0.29, 0.717) is 17.6 Å². The highest BCUT2D eigenvalue weighted by molar-refractivity contribution is 5.81. The molecule has 2 aliphatic rings. The third-order valence-corrected chi connectivity index (χ3v) is 4.03. The molecular weight excluding hydrogens is 266 g/mol. The lowest BCUT2D eigenvalue weighted by Crippen LogP contribution is -2.34. The van der Waals surface area contributed by atoms with Crippen molar-refractivity contribution in [2.24, 2.45) is 0 Å². The minimum Gasteiger partial charge on any atom is -0.390 e. The maximum atomic E-state index is 10.1. The van der Waals surface area contributed by atoms with Crippen molar-refractivity contribution in [3.05, 3.63) is 12.7 Å². The van der Waals surface area contributed by atoms with Crippen LogP contribution in [0.2, 0.25) is 0 Å². The predicted octanol–water partition coefficient (Wildman–Crippen LogP) is -1.84. The Morgan fingerprint density at radius 3 is 2.70 bits per heavy atom. The summed E-state index contributed by atoms with van der Waals surface area (Å²) in [5.41, 5.74) is 5.42. The van der Waals surface area contributed by atoms with Gasteiger partial charge in [0.05, 0.1) is 12.4 Å². The third-order valence-electron chi connectivity index (χ3n) is 4.03. The molecule has 2 fully saturated rings. The van der Waals surface area contributed by atoms with Crippen LogP contribution in [0.25, 0.3) is 11.2 Å². The second-order valence-electron chi connectivity index (χ2n) is 5.20. The number of nitrogens with two attached hydrogens (primary N) is 1. The molecule has 1 saturated heterocycles. The second-order valence-corrected chi connectivity index (χ2v) is 5.20. The fraction of sp³-hybridized carbons (Fsp3) is 0.545. The van der Waals surface area contributed by atoms with Gasteiger partial charge >= 0.3 is 0 Å². The van der Waals surface area contributed by atoms with Crippen LogP contribution < -0.4 is 5.73 Å². The Bertz CT molecular complexity index is 691. The zero-order valence-corrected chi connectivity index (χ0v) is 10.3. The number of fused-ring (bicyclic) bond motifs is 1. The van der Waals surface area contributed by atoms with Crippen LogP contribution in [0.3, 0.4) is 0 Å². The molecule has 1 saturated carbocycles. The summed E-state index contributed by atoms with van der Waals surface area (Å²) in [6.07, 6.45) is -0.974. The average Bonchev–Trinajstić information content (AvgIpc) is 2.80. The quantitative estimate of drug-likeness (QED) is 0.477. The van der Waals surface area contributed by atoms with Crippen molar-refractivity contribution in [1.29, 1.82) is 0 Å². The standard InChI is InChI=1S/C11H13N5O4/c12-8-5-9(14-2-13-8)16(3-15-5)10-6(18)7(19)11(20-10)1-4(11)17/h2-4,6-7,10,17-19H,1H2,(H2,12,13,14)/t4-,6-,7?,10+,11+/m0/s1. The minimum atomic E-state index is -1.18. The zero-order valence-electron chi connectivity index (χ0n) is 10.3. The van der Waals surface area contributed by atoms with Crippen LogP contribution in [0.5, 0.6) is 0 Å². The molecule has 9 nitrogen and oxygen atoms in total. The van der Waals surface area contributed by atoms with Crippen molar-refractivity contribution in [3.8, 4) is 0 Å². The summed E-state index contributed by atoms with van der Waals surface area (Å²) < 4.78 is 7.15. The van der Waals surface area contributed by atoms with Crippen LogP contribution in [-0.4, -0.2) is 58.8 Å². The number of aliphatic hydroxyl groups excluding tert-OH is 3. The average molecular weight is 279 g/mol. The monoisotopic (exact) mass is 279 g/mol. The molecule has 3 heterocycles. The molecule has 1 unspecified atom stereocenters. The maximum absolute atomic E-state index is 10.1. The molecule has 4 rings (SSSR count). The highest BCUT2D eigenvalue weighted by Crippen LogP contribution is 2.53. The lowest BCUT2D eigenvalue weighted by molar-refractivity contribution is -0.0633. The highest BCUT2D eigenvalue weighted by atomic mass is 16.6. The largest absolute Gasteiger partial charge is 0.390 e. The first-order valence-electron chi connectivity index (χ1n) is 6.19. The molecule has 1 aliphatic heterocycles. The Morgan fingerprint density at radius 2 is 2.05 bits per heavy atom. The fourth-order valence-corrected chi connectivity index (χ4v) is 2.77. The maximum Gasteiger partial charge on any atom is 0.167 e. The van der Waals surface area contributed by atoms with E-state index in [0.717, 1.165) is 0 Å². The molecule has 106 valence electrons. The second kappa shape index (κ2) is 3.64. The normalized spacial score (nSPS) is 39.8. The first kappa shape index (κ1) is 12.0. The number of aromatic nitrogens is 4. The van der Waals surface area contributed by atoms with E-state index < -0.39 is 30.1 Å². The van der Waals surface area contributed by atoms with Gasteiger partial charge in [0.2, 0.25) is 0 Å². The smallest absolute Gasteiger partial charge is 0.167 e. The van der Waals surface area contributed by atoms with Crippen molar-refractivity contribution >= 4 is 17.0 Å². The molecule has 5 N–H and O–H groups in total. The van der Waals surface area contributed by atoms with Gasteiger partial charge < -0.3 is 25.8 Å². The first-order chi connectivity index (χ1) is 9.54. The van der Waals surface area contributed by atoms with E-state index in [2.05, 4.69) is 15.0 Å². The molecule has 20 heavy (non-hydrogen) atoms. The topological polar surface area (TPSA) is 140 Å². The van der Waals surface area contributed by atoms with Gasteiger partial charge in [-0.15, -0.1) is 0 Å². The SMILES string of the molecule is Nc1ncnc2c1ncn2[C@@H]1O[C@@]2(C[C@@H]2O)C(O)[C@@H]1O. The highest BCUT2D eigenvalue weighted by Gasteiger charge is 2.69. The van der Waals surface area contributed by atoms with Crippen molar-refractivity contribution in [2.75, 3.05) is 5.73 Å². The molecule has 2 aromatic rings. The molecule has 9 heteroatoms. The Hall–Kier alpha value is -1.81. The summed E-state index contributed by atoms with van der Waals surface area (Å²) in [6, 6.07) is 0. The van der Waals surface area contributed by atoms with Crippen LogP contribution in [0, 0.1) is 0 Å². The molecule has 1 spiro atoms. The van der Waals surface area contributed by atoms with Gasteiger partial charge in [-0.05, 0) is 0 Å². The predicted molar refractivity (Wildman–Crippen MR) is 65.2 cm³/mol. The summed E-state index contributed by atoms with van der Waals surface area (Å²) in [5, 5.41) is 29.8. The fourth-order valence-electron chi connectivity index (χ4n) is 2.77. The molecule has 2 aromatic heterocycles. The number of nitrogens with zero attached hydrogens (tertiary/aromatic N) is 4. The van der Waals surface area contributed by atoms with E-state index >= 15 is 0 Å². The lowest BCUT2D eigenvalue weighted by Gasteiger charge is -2.16. The number of rotatable bonds is 1. The number of ether oxygens (including phenoxy) is 1. The van der Waals surface area contributed by atoms with E-state index in [-0.39, 0.29) is 5.82 Å². The molecule has 0 aromatic carbocycles. The van der Waals surface area contributed by atoms with Crippen molar-refractivity contribution in [1.82, 2.24) is 19.5 Å². The number of anilines is 1.